The van der Waals surface area contributed by atoms with Gasteiger partial charge in [-0.1, -0.05) is 26.0 Å². The van der Waals surface area contributed by atoms with E-state index in [1.807, 2.05) is 25.1 Å². The van der Waals surface area contributed by atoms with Crippen molar-refractivity contribution >= 4 is 11.7 Å². The van der Waals surface area contributed by atoms with Crippen molar-refractivity contribution in [1.29, 1.82) is 0 Å². The zero-order valence-corrected chi connectivity index (χ0v) is 12.3. The van der Waals surface area contributed by atoms with Gasteiger partial charge in [-0.15, -0.1) is 0 Å². The summed E-state index contributed by atoms with van der Waals surface area (Å²) >= 11 is 0. The third-order valence-corrected chi connectivity index (χ3v) is 3.19. The maximum Gasteiger partial charge on any atom is 0.354 e. The molecule has 3 N–H and O–H groups in total. The molecule has 0 saturated heterocycles. The molecule has 21 heavy (non-hydrogen) atoms. The molecule has 0 aliphatic heterocycles. The Morgan fingerprint density at radius 2 is 2.00 bits per heavy atom. The Labute approximate surface area is 123 Å². The van der Waals surface area contributed by atoms with E-state index in [9.17, 15) is 4.79 Å². The first kappa shape index (κ1) is 14.8. The summed E-state index contributed by atoms with van der Waals surface area (Å²) in [5, 5.41) is 8.98. The topological polar surface area (TPSA) is 85.4 Å². The number of carboxylic acids is 1. The number of anilines is 1. The number of hydrogen-bond donors (Lipinski definition) is 2. The number of benzene rings is 1. The molecular weight excluding hydrogens is 268 g/mol. The number of aromatic nitrogens is 1. The van der Waals surface area contributed by atoms with E-state index in [1.54, 1.807) is 0 Å². The van der Waals surface area contributed by atoms with Crippen molar-refractivity contribution in [1.82, 2.24) is 4.98 Å². The molecule has 0 aliphatic carbocycles. The monoisotopic (exact) mass is 286 g/mol. The summed E-state index contributed by atoms with van der Waals surface area (Å²) < 4.78 is 5.72. The third kappa shape index (κ3) is 3.31. The Kier molecular flexibility index (Phi) is 4.12. The van der Waals surface area contributed by atoms with Crippen LogP contribution in [0.5, 0.6) is 11.6 Å². The van der Waals surface area contributed by atoms with Crippen molar-refractivity contribution in [2.24, 2.45) is 0 Å². The van der Waals surface area contributed by atoms with Crippen LogP contribution in [0.4, 0.5) is 5.69 Å². The fourth-order valence-electron chi connectivity index (χ4n) is 1.84. The summed E-state index contributed by atoms with van der Waals surface area (Å²) in [7, 11) is 0. The van der Waals surface area contributed by atoms with Crippen LogP contribution < -0.4 is 10.5 Å². The molecule has 1 aromatic heterocycles. The van der Waals surface area contributed by atoms with Crippen molar-refractivity contribution in [2.75, 3.05) is 5.73 Å². The Morgan fingerprint density at radius 3 is 2.62 bits per heavy atom. The molecule has 5 heteroatoms. The maximum atomic E-state index is 11.0. The summed E-state index contributed by atoms with van der Waals surface area (Å²) in [6, 6.07) is 8.75. The van der Waals surface area contributed by atoms with Gasteiger partial charge in [-0.3, -0.25) is 0 Å². The van der Waals surface area contributed by atoms with E-state index < -0.39 is 5.97 Å². The van der Waals surface area contributed by atoms with Crippen molar-refractivity contribution < 1.29 is 14.6 Å². The van der Waals surface area contributed by atoms with Gasteiger partial charge in [0.1, 0.15) is 5.75 Å². The van der Waals surface area contributed by atoms with Crippen molar-refractivity contribution in [3.8, 4) is 11.6 Å². The van der Waals surface area contributed by atoms with E-state index >= 15 is 0 Å². The molecule has 0 fully saturated rings. The fraction of sp³-hybridized carbons (Fsp3) is 0.250. The predicted octanol–water partition coefficient (Wildman–Crippen LogP) is 3.59. The van der Waals surface area contributed by atoms with E-state index in [0.29, 0.717) is 17.4 Å². The SMILES string of the molecule is Cc1ccc(C(C)C)cc1Oc1nc(C(=O)O)ccc1N. The number of nitrogens with zero attached hydrogens (tertiary/aromatic N) is 1. The number of carbonyl (C=O) groups is 1. The quantitative estimate of drug-likeness (QED) is 0.897. The van der Waals surface area contributed by atoms with Gasteiger partial charge in [0.15, 0.2) is 5.69 Å². The number of nitrogens with two attached hydrogens (primary N) is 1. The lowest BCUT2D eigenvalue weighted by atomic mass is 10.0. The molecule has 0 atom stereocenters. The smallest absolute Gasteiger partial charge is 0.354 e. The highest BCUT2D eigenvalue weighted by Gasteiger charge is 2.12. The van der Waals surface area contributed by atoms with Gasteiger partial charge < -0.3 is 15.6 Å². The van der Waals surface area contributed by atoms with Crippen LogP contribution in [0, 0.1) is 6.92 Å². The van der Waals surface area contributed by atoms with E-state index in [2.05, 4.69) is 18.8 Å². The highest BCUT2D eigenvalue weighted by Crippen LogP contribution is 2.30. The highest BCUT2D eigenvalue weighted by molar-refractivity contribution is 5.86. The summed E-state index contributed by atoms with van der Waals surface area (Å²) in [4.78, 5) is 14.9. The average molecular weight is 286 g/mol. The third-order valence-electron chi connectivity index (χ3n) is 3.19. The van der Waals surface area contributed by atoms with Gasteiger partial charge in [0.05, 0.1) is 5.69 Å². The minimum absolute atomic E-state index is 0.100. The predicted molar refractivity (Wildman–Crippen MR) is 81.0 cm³/mol. The number of aromatic carboxylic acids is 1. The van der Waals surface area contributed by atoms with Crippen LogP contribution in [-0.2, 0) is 0 Å². The van der Waals surface area contributed by atoms with Crippen LogP contribution in [0.1, 0.15) is 41.4 Å². The molecule has 110 valence electrons. The molecule has 0 saturated carbocycles. The van der Waals surface area contributed by atoms with Gasteiger partial charge in [-0.05, 0) is 42.2 Å². The number of carboxylic acid groups (broad SMARTS) is 1. The van der Waals surface area contributed by atoms with Gasteiger partial charge in [0, 0.05) is 0 Å². The van der Waals surface area contributed by atoms with E-state index in [1.165, 1.54) is 12.1 Å². The molecule has 5 nitrogen and oxygen atoms in total. The Bertz CT molecular complexity index is 681. The summed E-state index contributed by atoms with van der Waals surface area (Å²) in [5.74, 6) is -0.0158. The van der Waals surface area contributed by atoms with Crippen LogP contribution in [0.2, 0.25) is 0 Å². The molecular formula is C16H18N2O3. The first-order chi connectivity index (χ1) is 9.88. The van der Waals surface area contributed by atoms with Crippen LogP contribution >= 0.6 is 0 Å². The minimum Gasteiger partial charge on any atom is -0.477 e. The van der Waals surface area contributed by atoms with Crippen molar-refractivity contribution in [3.05, 3.63) is 47.2 Å². The molecule has 0 radical (unpaired) electrons. The Balaban J connectivity index is 2.40. The number of pyridine rings is 1. The Morgan fingerprint density at radius 1 is 1.29 bits per heavy atom. The minimum atomic E-state index is -1.12. The molecule has 1 aromatic carbocycles. The normalized spacial score (nSPS) is 10.7. The zero-order chi connectivity index (χ0) is 15.6. The Hall–Kier alpha value is -2.56. The second kappa shape index (κ2) is 5.83. The van der Waals surface area contributed by atoms with Gasteiger partial charge in [-0.2, -0.15) is 0 Å². The fourth-order valence-corrected chi connectivity index (χ4v) is 1.84. The number of nitrogen functional groups attached to an aromatic ring is 1. The van der Waals surface area contributed by atoms with Gasteiger partial charge in [0.25, 0.3) is 0 Å². The van der Waals surface area contributed by atoms with Crippen LogP contribution in [0.25, 0.3) is 0 Å². The largest absolute Gasteiger partial charge is 0.477 e. The van der Waals surface area contributed by atoms with Crippen LogP contribution in [0.3, 0.4) is 0 Å². The zero-order valence-electron chi connectivity index (χ0n) is 12.3. The lowest BCUT2D eigenvalue weighted by Crippen LogP contribution is -2.04. The standard InChI is InChI=1S/C16H18N2O3/c1-9(2)11-5-4-10(3)14(8-11)21-15-12(17)6-7-13(18-15)16(19)20/h4-9H,17H2,1-3H3,(H,19,20). The van der Waals surface area contributed by atoms with E-state index in [-0.39, 0.29) is 11.6 Å². The molecule has 0 bridgehead atoms. The first-order valence-corrected chi connectivity index (χ1v) is 6.66. The van der Waals surface area contributed by atoms with Gasteiger partial charge in [-0.25, -0.2) is 9.78 Å². The molecule has 0 aliphatic rings. The number of ether oxygens (including phenoxy) is 1. The lowest BCUT2D eigenvalue weighted by molar-refractivity contribution is 0.0689. The summed E-state index contributed by atoms with van der Waals surface area (Å²) in [6.07, 6.45) is 0. The number of rotatable bonds is 4. The van der Waals surface area contributed by atoms with Crippen LogP contribution in [0.15, 0.2) is 30.3 Å². The number of aryl methyl sites for hydroxylation is 1. The molecule has 2 aromatic rings. The van der Waals surface area contributed by atoms with Crippen molar-refractivity contribution in [2.45, 2.75) is 26.7 Å². The highest BCUT2D eigenvalue weighted by atomic mass is 16.5. The molecule has 0 amide bonds. The van der Waals surface area contributed by atoms with Crippen LogP contribution in [-0.4, -0.2) is 16.1 Å². The van der Waals surface area contributed by atoms with Gasteiger partial charge in [0.2, 0.25) is 5.88 Å². The van der Waals surface area contributed by atoms with Crippen molar-refractivity contribution in [3.63, 3.8) is 0 Å². The lowest BCUT2D eigenvalue weighted by Gasteiger charge is -2.13. The molecule has 2 rings (SSSR count). The van der Waals surface area contributed by atoms with E-state index in [0.717, 1.165) is 11.1 Å². The average Bonchev–Trinajstić information content (AvgIpc) is 2.43. The summed E-state index contributed by atoms with van der Waals surface area (Å²) in [5.41, 5.74) is 8.07. The second-order valence-corrected chi connectivity index (χ2v) is 5.18. The summed E-state index contributed by atoms with van der Waals surface area (Å²) in [6.45, 7) is 6.09. The number of hydrogen-bond acceptors (Lipinski definition) is 4. The molecule has 1 heterocycles. The first-order valence-electron chi connectivity index (χ1n) is 6.66. The molecule has 0 spiro atoms. The van der Waals surface area contributed by atoms with Gasteiger partial charge >= 0.3 is 5.97 Å². The molecule has 0 unspecified atom stereocenters. The maximum absolute atomic E-state index is 11.0. The van der Waals surface area contributed by atoms with E-state index in [4.69, 9.17) is 15.6 Å². The second-order valence-electron chi connectivity index (χ2n) is 5.18.